The van der Waals surface area contributed by atoms with E-state index in [2.05, 4.69) is 63.2 Å². The first-order valence-electron chi connectivity index (χ1n) is 9.12. The van der Waals surface area contributed by atoms with Crippen molar-refractivity contribution in [2.75, 3.05) is 53.4 Å². The number of nitrogens with zero attached hydrogens (tertiary/aromatic N) is 4. The molecule has 2 heterocycles. The molecule has 1 aromatic carbocycles. The largest absolute Gasteiger partial charge is 0.355 e. The fourth-order valence-corrected chi connectivity index (χ4v) is 3.64. The van der Waals surface area contributed by atoms with Gasteiger partial charge in [0.2, 0.25) is 0 Å². The Bertz CT molecular complexity index is 569. The Morgan fingerprint density at radius 1 is 1.12 bits per heavy atom. The van der Waals surface area contributed by atoms with Crippen LogP contribution < -0.4 is 5.32 Å². The maximum atomic E-state index is 4.52. The number of halogens is 1. The van der Waals surface area contributed by atoms with E-state index in [4.69, 9.17) is 0 Å². The van der Waals surface area contributed by atoms with E-state index < -0.39 is 0 Å². The van der Waals surface area contributed by atoms with E-state index in [0.717, 1.165) is 45.1 Å². The Morgan fingerprint density at radius 3 is 2.48 bits per heavy atom. The third-order valence-electron chi connectivity index (χ3n) is 5.36. The van der Waals surface area contributed by atoms with Gasteiger partial charge in [0.25, 0.3) is 0 Å². The summed E-state index contributed by atoms with van der Waals surface area (Å²) < 4.78 is 0. The minimum atomic E-state index is 0. The Labute approximate surface area is 169 Å². The van der Waals surface area contributed by atoms with Gasteiger partial charge in [0.05, 0.1) is 0 Å². The summed E-state index contributed by atoms with van der Waals surface area (Å²) in [6.07, 6.45) is 1.10. The summed E-state index contributed by atoms with van der Waals surface area (Å²) in [5, 5.41) is 3.60. The van der Waals surface area contributed by atoms with E-state index >= 15 is 0 Å². The second-order valence-corrected chi connectivity index (χ2v) is 7.06. The molecule has 1 fully saturated rings. The highest BCUT2D eigenvalue weighted by molar-refractivity contribution is 14.0. The molecule has 5 nitrogen and oxygen atoms in total. The van der Waals surface area contributed by atoms with E-state index in [-0.39, 0.29) is 24.0 Å². The van der Waals surface area contributed by atoms with Gasteiger partial charge < -0.3 is 15.1 Å². The van der Waals surface area contributed by atoms with Crippen molar-refractivity contribution < 1.29 is 0 Å². The summed E-state index contributed by atoms with van der Waals surface area (Å²) in [5.74, 6) is 1.03. The van der Waals surface area contributed by atoms with Crippen LogP contribution in [-0.4, -0.2) is 80.1 Å². The van der Waals surface area contributed by atoms with Gasteiger partial charge in [-0.2, -0.15) is 0 Å². The minimum absolute atomic E-state index is 0. The second-order valence-electron chi connectivity index (χ2n) is 7.06. The van der Waals surface area contributed by atoms with Crippen molar-refractivity contribution in [3.8, 4) is 0 Å². The molecule has 2 aliphatic rings. The highest BCUT2D eigenvalue weighted by Gasteiger charge is 2.21. The van der Waals surface area contributed by atoms with Crippen LogP contribution in [0.1, 0.15) is 18.1 Å². The number of fused-ring (bicyclic) bond motifs is 1. The fourth-order valence-electron chi connectivity index (χ4n) is 3.64. The Balaban J connectivity index is 0.00000225. The highest BCUT2D eigenvalue weighted by atomic mass is 127. The van der Waals surface area contributed by atoms with Gasteiger partial charge >= 0.3 is 0 Å². The van der Waals surface area contributed by atoms with Gasteiger partial charge in [-0.3, -0.25) is 9.89 Å². The summed E-state index contributed by atoms with van der Waals surface area (Å²) in [6.45, 7) is 9.93. The number of hydrogen-bond acceptors (Lipinski definition) is 3. The molecule has 0 radical (unpaired) electrons. The van der Waals surface area contributed by atoms with Gasteiger partial charge in [-0.05, 0) is 31.5 Å². The van der Waals surface area contributed by atoms with Crippen molar-refractivity contribution >= 4 is 29.9 Å². The standard InChI is InChI=1S/C19H31N5.HI/c1-16(23-12-10-22(3)11-13-23)14-21-19(20-2)24-9-8-17-6-4-5-7-18(17)15-24;/h4-7,16H,8-15H2,1-3H3,(H,20,21);1H. The van der Waals surface area contributed by atoms with Crippen molar-refractivity contribution in [1.82, 2.24) is 20.0 Å². The van der Waals surface area contributed by atoms with Crippen LogP contribution in [-0.2, 0) is 13.0 Å². The molecule has 2 aliphatic heterocycles. The molecule has 0 saturated carbocycles. The fraction of sp³-hybridized carbons (Fsp3) is 0.632. The smallest absolute Gasteiger partial charge is 0.194 e. The highest BCUT2D eigenvalue weighted by Crippen LogP contribution is 2.18. The number of aliphatic imine (C=N–C) groups is 1. The Morgan fingerprint density at radius 2 is 1.80 bits per heavy atom. The number of nitrogens with one attached hydrogen (secondary N) is 1. The summed E-state index contributed by atoms with van der Waals surface area (Å²) in [5.41, 5.74) is 2.91. The van der Waals surface area contributed by atoms with Crippen LogP contribution >= 0.6 is 24.0 Å². The summed E-state index contributed by atoms with van der Waals surface area (Å²) in [7, 11) is 4.10. The molecule has 1 N–H and O–H groups in total. The van der Waals surface area contributed by atoms with Gasteiger partial charge in [0.15, 0.2) is 5.96 Å². The van der Waals surface area contributed by atoms with Crippen LogP contribution in [0.3, 0.4) is 0 Å². The lowest BCUT2D eigenvalue weighted by Gasteiger charge is -2.37. The average Bonchev–Trinajstić information content (AvgIpc) is 2.62. The zero-order valence-electron chi connectivity index (χ0n) is 15.7. The van der Waals surface area contributed by atoms with Crippen LogP contribution in [0.25, 0.3) is 0 Å². The molecule has 3 rings (SSSR count). The topological polar surface area (TPSA) is 34.1 Å². The molecule has 1 atom stereocenters. The molecule has 25 heavy (non-hydrogen) atoms. The van der Waals surface area contributed by atoms with E-state index in [1.165, 1.54) is 24.2 Å². The first-order valence-corrected chi connectivity index (χ1v) is 9.12. The summed E-state index contributed by atoms with van der Waals surface area (Å²) in [4.78, 5) is 11.9. The molecule has 0 aromatic heterocycles. The van der Waals surface area contributed by atoms with Crippen molar-refractivity contribution in [1.29, 1.82) is 0 Å². The number of likely N-dealkylation sites (N-methyl/N-ethyl adjacent to an activating group) is 1. The molecule has 6 heteroatoms. The molecule has 0 aliphatic carbocycles. The maximum Gasteiger partial charge on any atom is 0.194 e. The third kappa shape index (κ3) is 5.31. The van der Waals surface area contributed by atoms with E-state index in [1.807, 2.05) is 7.05 Å². The lowest BCUT2D eigenvalue weighted by Crippen LogP contribution is -2.53. The number of piperazine rings is 1. The first-order chi connectivity index (χ1) is 11.7. The predicted octanol–water partition coefficient (Wildman–Crippen LogP) is 1.87. The lowest BCUT2D eigenvalue weighted by molar-refractivity contribution is 0.119. The number of guanidine groups is 1. The molecular weight excluding hydrogens is 425 g/mol. The minimum Gasteiger partial charge on any atom is -0.355 e. The van der Waals surface area contributed by atoms with Crippen molar-refractivity contribution in [3.05, 3.63) is 35.4 Å². The Kier molecular flexibility index (Phi) is 7.96. The number of rotatable bonds is 3. The summed E-state index contributed by atoms with van der Waals surface area (Å²) >= 11 is 0. The molecule has 0 amide bonds. The maximum absolute atomic E-state index is 4.52. The SMILES string of the molecule is CN=C(NCC(C)N1CCN(C)CC1)N1CCc2ccccc2C1.I. The second kappa shape index (κ2) is 9.73. The van der Waals surface area contributed by atoms with Crippen LogP contribution in [0, 0.1) is 0 Å². The molecule has 0 bridgehead atoms. The monoisotopic (exact) mass is 457 g/mol. The van der Waals surface area contributed by atoms with Gasteiger partial charge in [-0.25, -0.2) is 0 Å². The number of benzene rings is 1. The summed E-state index contributed by atoms with van der Waals surface area (Å²) in [6, 6.07) is 9.29. The van der Waals surface area contributed by atoms with Crippen molar-refractivity contribution in [2.24, 2.45) is 4.99 Å². The zero-order valence-corrected chi connectivity index (χ0v) is 18.1. The molecule has 1 aromatic rings. The molecule has 0 spiro atoms. The molecule has 1 unspecified atom stereocenters. The van der Waals surface area contributed by atoms with E-state index in [0.29, 0.717) is 6.04 Å². The predicted molar refractivity (Wildman–Crippen MR) is 116 cm³/mol. The third-order valence-corrected chi connectivity index (χ3v) is 5.36. The average molecular weight is 457 g/mol. The Hall–Kier alpha value is -0.860. The van der Waals surface area contributed by atoms with Gasteiger partial charge in [0.1, 0.15) is 0 Å². The van der Waals surface area contributed by atoms with Crippen molar-refractivity contribution in [2.45, 2.75) is 25.9 Å². The quantitative estimate of drug-likeness (QED) is 0.427. The molecule has 140 valence electrons. The first kappa shape index (κ1) is 20.5. The van der Waals surface area contributed by atoms with Crippen LogP contribution in [0.15, 0.2) is 29.3 Å². The van der Waals surface area contributed by atoms with Crippen LogP contribution in [0.2, 0.25) is 0 Å². The van der Waals surface area contributed by atoms with Gasteiger partial charge in [0, 0.05) is 58.9 Å². The van der Waals surface area contributed by atoms with E-state index in [9.17, 15) is 0 Å². The molecular formula is C19H32IN5. The lowest BCUT2D eigenvalue weighted by atomic mass is 10.0. The van der Waals surface area contributed by atoms with Gasteiger partial charge in [-0.1, -0.05) is 24.3 Å². The zero-order chi connectivity index (χ0) is 16.9. The van der Waals surface area contributed by atoms with Crippen LogP contribution in [0.5, 0.6) is 0 Å². The number of hydrogen-bond donors (Lipinski definition) is 1. The normalized spacial score (nSPS) is 20.6. The van der Waals surface area contributed by atoms with Crippen LogP contribution in [0.4, 0.5) is 0 Å². The van der Waals surface area contributed by atoms with Crippen molar-refractivity contribution in [3.63, 3.8) is 0 Å². The van der Waals surface area contributed by atoms with Gasteiger partial charge in [-0.15, -0.1) is 24.0 Å². The van der Waals surface area contributed by atoms with E-state index in [1.54, 1.807) is 0 Å². The molecule has 1 saturated heterocycles.